The summed E-state index contributed by atoms with van der Waals surface area (Å²) in [6.45, 7) is 4.06. The van der Waals surface area contributed by atoms with Gasteiger partial charge in [-0.2, -0.15) is 0 Å². The molecule has 1 unspecified atom stereocenters. The maximum Gasteiger partial charge on any atom is 0.243 e. The molecule has 0 aromatic heterocycles. The summed E-state index contributed by atoms with van der Waals surface area (Å²) in [4.78, 5) is 12.4. The molecule has 0 aliphatic rings. The van der Waals surface area contributed by atoms with Gasteiger partial charge in [0.15, 0.2) is 0 Å². The second-order valence-electron chi connectivity index (χ2n) is 6.16. The SMILES string of the molecule is Cc1ccc(OCCNC(=O)C(C)N(c2ccc(Cl)cc2)S(C)(=O)=O)cc1. The summed E-state index contributed by atoms with van der Waals surface area (Å²) in [6, 6.07) is 12.9. The van der Waals surface area contributed by atoms with Crippen LogP contribution in [0.15, 0.2) is 48.5 Å². The molecule has 2 aromatic carbocycles. The average molecular weight is 411 g/mol. The largest absolute Gasteiger partial charge is 0.492 e. The first-order valence-electron chi connectivity index (χ1n) is 8.40. The van der Waals surface area contributed by atoms with Gasteiger partial charge in [-0.15, -0.1) is 0 Å². The van der Waals surface area contributed by atoms with E-state index in [-0.39, 0.29) is 13.2 Å². The third-order valence-corrected chi connectivity index (χ3v) is 5.35. The number of ether oxygens (including phenoxy) is 1. The third kappa shape index (κ3) is 6.15. The van der Waals surface area contributed by atoms with Crippen LogP contribution in [-0.2, 0) is 14.8 Å². The molecule has 0 fully saturated rings. The van der Waals surface area contributed by atoms with E-state index in [1.165, 1.54) is 6.92 Å². The van der Waals surface area contributed by atoms with Crippen LogP contribution in [0.1, 0.15) is 12.5 Å². The topological polar surface area (TPSA) is 75.7 Å². The summed E-state index contributed by atoms with van der Waals surface area (Å²) in [6.07, 6.45) is 1.06. The van der Waals surface area contributed by atoms with Crippen LogP contribution in [-0.4, -0.2) is 39.8 Å². The van der Waals surface area contributed by atoms with Crippen molar-refractivity contribution in [3.8, 4) is 5.75 Å². The first-order valence-corrected chi connectivity index (χ1v) is 10.6. The fourth-order valence-electron chi connectivity index (χ4n) is 2.52. The molecule has 0 radical (unpaired) electrons. The lowest BCUT2D eigenvalue weighted by Gasteiger charge is -2.28. The molecular formula is C19H23ClN2O4S. The highest BCUT2D eigenvalue weighted by Gasteiger charge is 2.28. The van der Waals surface area contributed by atoms with Crippen molar-refractivity contribution in [2.75, 3.05) is 23.7 Å². The van der Waals surface area contributed by atoms with E-state index >= 15 is 0 Å². The van der Waals surface area contributed by atoms with Gasteiger partial charge >= 0.3 is 0 Å². The summed E-state index contributed by atoms with van der Waals surface area (Å²) >= 11 is 5.86. The highest BCUT2D eigenvalue weighted by atomic mass is 35.5. The lowest BCUT2D eigenvalue weighted by atomic mass is 10.2. The molecule has 1 amide bonds. The second-order valence-corrected chi connectivity index (χ2v) is 8.46. The van der Waals surface area contributed by atoms with Crippen LogP contribution in [0.4, 0.5) is 5.69 Å². The van der Waals surface area contributed by atoms with E-state index in [0.717, 1.165) is 16.1 Å². The van der Waals surface area contributed by atoms with Crippen LogP contribution < -0.4 is 14.4 Å². The first kappa shape index (κ1) is 21.1. The van der Waals surface area contributed by atoms with E-state index in [0.29, 0.717) is 16.5 Å². The minimum atomic E-state index is -3.65. The molecule has 1 N–H and O–H groups in total. The molecule has 2 rings (SSSR count). The summed E-state index contributed by atoms with van der Waals surface area (Å²) in [5.74, 6) is 0.296. The molecule has 146 valence electrons. The van der Waals surface area contributed by atoms with Gasteiger partial charge in [0.25, 0.3) is 0 Å². The fourth-order valence-corrected chi connectivity index (χ4v) is 3.82. The molecule has 0 saturated heterocycles. The van der Waals surface area contributed by atoms with Crippen molar-refractivity contribution in [3.63, 3.8) is 0 Å². The lowest BCUT2D eigenvalue weighted by Crippen LogP contribution is -2.48. The van der Waals surface area contributed by atoms with Gasteiger partial charge < -0.3 is 10.1 Å². The number of nitrogens with one attached hydrogen (secondary N) is 1. The van der Waals surface area contributed by atoms with Gasteiger partial charge in [0.1, 0.15) is 18.4 Å². The molecule has 0 heterocycles. The number of sulfonamides is 1. The van der Waals surface area contributed by atoms with Crippen LogP contribution in [0.3, 0.4) is 0 Å². The molecule has 1 atom stereocenters. The Balaban J connectivity index is 1.96. The highest BCUT2D eigenvalue weighted by Crippen LogP contribution is 2.23. The minimum Gasteiger partial charge on any atom is -0.492 e. The number of hydrogen-bond acceptors (Lipinski definition) is 4. The normalized spacial score (nSPS) is 12.3. The fraction of sp³-hybridized carbons (Fsp3) is 0.316. The summed E-state index contributed by atoms with van der Waals surface area (Å²) in [5, 5.41) is 3.19. The lowest BCUT2D eigenvalue weighted by molar-refractivity contribution is -0.121. The number of amides is 1. The van der Waals surface area contributed by atoms with Gasteiger partial charge in [-0.3, -0.25) is 9.10 Å². The Bertz CT molecular complexity index is 868. The highest BCUT2D eigenvalue weighted by molar-refractivity contribution is 7.92. The zero-order valence-electron chi connectivity index (χ0n) is 15.5. The molecule has 6 nitrogen and oxygen atoms in total. The van der Waals surface area contributed by atoms with Crippen molar-refractivity contribution in [3.05, 3.63) is 59.1 Å². The van der Waals surface area contributed by atoms with Crippen LogP contribution in [0.25, 0.3) is 0 Å². The average Bonchev–Trinajstić information content (AvgIpc) is 2.60. The molecule has 2 aromatic rings. The number of rotatable bonds is 8. The predicted octanol–water partition coefficient (Wildman–Crippen LogP) is 3.00. The van der Waals surface area contributed by atoms with E-state index in [1.807, 2.05) is 31.2 Å². The van der Waals surface area contributed by atoms with Gasteiger partial charge in [0.05, 0.1) is 18.5 Å². The van der Waals surface area contributed by atoms with Crippen molar-refractivity contribution in [1.29, 1.82) is 0 Å². The number of halogens is 1. The molecule has 0 saturated carbocycles. The van der Waals surface area contributed by atoms with Gasteiger partial charge in [-0.1, -0.05) is 29.3 Å². The van der Waals surface area contributed by atoms with Crippen molar-refractivity contribution >= 4 is 33.2 Å². The molecule has 0 aliphatic carbocycles. The smallest absolute Gasteiger partial charge is 0.243 e. The second kappa shape index (κ2) is 9.10. The van der Waals surface area contributed by atoms with Crippen molar-refractivity contribution in [2.24, 2.45) is 0 Å². The van der Waals surface area contributed by atoms with Crippen LogP contribution in [0.5, 0.6) is 5.75 Å². The number of nitrogens with zero attached hydrogens (tertiary/aromatic N) is 1. The zero-order chi connectivity index (χ0) is 20.0. The van der Waals surface area contributed by atoms with Gasteiger partial charge in [-0.25, -0.2) is 8.42 Å². The molecule has 0 aliphatic heterocycles. The quantitative estimate of drug-likeness (QED) is 0.679. The van der Waals surface area contributed by atoms with E-state index < -0.39 is 22.0 Å². The molecular weight excluding hydrogens is 388 g/mol. The van der Waals surface area contributed by atoms with E-state index in [4.69, 9.17) is 16.3 Å². The Morgan fingerprint density at radius 1 is 1.15 bits per heavy atom. The Morgan fingerprint density at radius 2 is 1.74 bits per heavy atom. The number of aryl methyl sites for hydroxylation is 1. The maximum absolute atomic E-state index is 12.4. The third-order valence-electron chi connectivity index (χ3n) is 3.86. The summed E-state index contributed by atoms with van der Waals surface area (Å²) in [5.41, 5.74) is 1.51. The number of benzene rings is 2. The predicted molar refractivity (Wildman–Crippen MR) is 108 cm³/mol. The van der Waals surface area contributed by atoms with Crippen LogP contribution >= 0.6 is 11.6 Å². The number of hydrogen-bond donors (Lipinski definition) is 1. The van der Waals surface area contributed by atoms with Gasteiger partial charge in [0.2, 0.25) is 15.9 Å². The van der Waals surface area contributed by atoms with Crippen LogP contribution in [0.2, 0.25) is 5.02 Å². The van der Waals surface area contributed by atoms with Crippen molar-refractivity contribution in [2.45, 2.75) is 19.9 Å². The monoisotopic (exact) mass is 410 g/mol. The zero-order valence-corrected chi connectivity index (χ0v) is 17.0. The van der Waals surface area contributed by atoms with Gasteiger partial charge in [0, 0.05) is 5.02 Å². The molecule has 27 heavy (non-hydrogen) atoms. The van der Waals surface area contributed by atoms with E-state index in [2.05, 4.69) is 5.32 Å². The number of carbonyl (C=O) groups is 1. The van der Waals surface area contributed by atoms with E-state index in [1.54, 1.807) is 24.3 Å². The summed E-state index contributed by atoms with van der Waals surface area (Å²) in [7, 11) is -3.65. The number of carbonyl (C=O) groups excluding carboxylic acids is 1. The molecule has 0 bridgehead atoms. The van der Waals surface area contributed by atoms with Crippen LogP contribution in [0, 0.1) is 6.92 Å². The summed E-state index contributed by atoms with van der Waals surface area (Å²) < 4.78 is 31.0. The Morgan fingerprint density at radius 3 is 2.30 bits per heavy atom. The van der Waals surface area contributed by atoms with Crippen molar-refractivity contribution < 1.29 is 17.9 Å². The molecule has 8 heteroatoms. The minimum absolute atomic E-state index is 0.259. The molecule has 0 spiro atoms. The maximum atomic E-state index is 12.4. The Kier molecular flexibility index (Phi) is 7.10. The standard InChI is InChI=1S/C19H23ClN2O4S/c1-14-4-10-18(11-5-14)26-13-12-21-19(23)15(2)22(27(3,24)25)17-8-6-16(20)7-9-17/h4-11,15H,12-13H2,1-3H3,(H,21,23). The Hall–Kier alpha value is -2.25. The first-order chi connectivity index (χ1) is 12.7. The number of anilines is 1. The van der Waals surface area contributed by atoms with E-state index in [9.17, 15) is 13.2 Å². The van der Waals surface area contributed by atoms with Crippen molar-refractivity contribution in [1.82, 2.24) is 5.32 Å². The van der Waals surface area contributed by atoms with Gasteiger partial charge in [-0.05, 0) is 50.2 Å². The Labute approximate surface area is 165 Å².